The number of hydrogen-bond donors (Lipinski definition) is 1. The van der Waals surface area contributed by atoms with Crippen LogP contribution in [0.3, 0.4) is 0 Å². The SMILES string of the molecule is CO[C@H]1C[C@@H](CO)N(Cc2ccn(-c3ccccc3)n2)C1. The third-order valence-corrected chi connectivity index (χ3v) is 4.06. The Kier molecular flexibility index (Phi) is 4.34. The van der Waals surface area contributed by atoms with Gasteiger partial charge in [-0.05, 0) is 24.6 Å². The molecule has 0 amide bonds. The minimum absolute atomic E-state index is 0.164. The molecule has 0 unspecified atom stereocenters. The van der Waals surface area contributed by atoms with Gasteiger partial charge in [0.15, 0.2) is 0 Å². The van der Waals surface area contributed by atoms with Crippen LogP contribution in [0.1, 0.15) is 12.1 Å². The Hall–Kier alpha value is -1.69. The van der Waals surface area contributed by atoms with E-state index in [9.17, 15) is 5.11 Å². The summed E-state index contributed by atoms with van der Waals surface area (Å²) >= 11 is 0. The van der Waals surface area contributed by atoms with Gasteiger partial charge < -0.3 is 9.84 Å². The van der Waals surface area contributed by atoms with Crippen molar-refractivity contribution < 1.29 is 9.84 Å². The fourth-order valence-corrected chi connectivity index (χ4v) is 2.87. The number of rotatable bonds is 5. The molecule has 1 aliphatic rings. The van der Waals surface area contributed by atoms with Crippen LogP contribution in [0.25, 0.3) is 5.69 Å². The summed E-state index contributed by atoms with van der Waals surface area (Å²) in [5.74, 6) is 0. The molecule has 21 heavy (non-hydrogen) atoms. The number of likely N-dealkylation sites (tertiary alicyclic amines) is 1. The summed E-state index contributed by atoms with van der Waals surface area (Å²) in [6.45, 7) is 1.75. The first-order valence-electron chi connectivity index (χ1n) is 7.28. The highest BCUT2D eigenvalue weighted by molar-refractivity contribution is 5.30. The monoisotopic (exact) mass is 287 g/mol. The molecule has 112 valence electrons. The first kappa shape index (κ1) is 14.3. The molecule has 2 atom stereocenters. The van der Waals surface area contributed by atoms with Crippen LogP contribution in [0.2, 0.25) is 0 Å². The van der Waals surface area contributed by atoms with E-state index >= 15 is 0 Å². The fraction of sp³-hybridized carbons (Fsp3) is 0.438. The number of methoxy groups -OCH3 is 1. The predicted molar refractivity (Wildman–Crippen MR) is 80.3 cm³/mol. The molecule has 1 fully saturated rings. The average molecular weight is 287 g/mol. The number of aliphatic hydroxyl groups excluding tert-OH is 1. The van der Waals surface area contributed by atoms with Crippen LogP contribution >= 0.6 is 0 Å². The number of hydrogen-bond acceptors (Lipinski definition) is 4. The van der Waals surface area contributed by atoms with Crippen LogP contribution in [0.15, 0.2) is 42.6 Å². The maximum Gasteiger partial charge on any atom is 0.0769 e. The topological polar surface area (TPSA) is 50.5 Å². The van der Waals surface area contributed by atoms with Crippen LogP contribution in [0.5, 0.6) is 0 Å². The number of para-hydroxylation sites is 1. The Labute approximate surface area is 124 Å². The lowest BCUT2D eigenvalue weighted by atomic mass is 10.2. The predicted octanol–water partition coefficient (Wildman–Crippen LogP) is 1.45. The molecule has 2 heterocycles. The summed E-state index contributed by atoms with van der Waals surface area (Å²) in [5.41, 5.74) is 2.06. The molecule has 0 aliphatic carbocycles. The molecule has 0 bridgehead atoms. The molecular formula is C16H21N3O2. The Bertz CT molecular complexity index is 570. The Morgan fingerprint density at radius 1 is 1.29 bits per heavy atom. The molecule has 1 N–H and O–H groups in total. The van der Waals surface area contributed by atoms with Gasteiger partial charge in [0, 0.05) is 32.4 Å². The maximum atomic E-state index is 9.49. The molecule has 3 rings (SSSR count). The molecule has 2 aromatic rings. The summed E-state index contributed by atoms with van der Waals surface area (Å²) in [4.78, 5) is 2.24. The zero-order valence-corrected chi connectivity index (χ0v) is 12.2. The van der Waals surface area contributed by atoms with Crippen LogP contribution < -0.4 is 0 Å². The van der Waals surface area contributed by atoms with Crippen LogP contribution in [-0.2, 0) is 11.3 Å². The van der Waals surface area contributed by atoms with Gasteiger partial charge in [-0.2, -0.15) is 5.10 Å². The molecule has 1 aromatic heterocycles. The first-order chi connectivity index (χ1) is 10.3. The van der Waals surface area contributed by atoms with Gasteiger partial charge in [-0.25, -0.2) is 4.68 Å². The van der Waals surface area contributed by atoms with Crippen molar-refractivity contribution in [3.63, 3.8) is 0 Å². The second-order valence-corrected chi connectivity index (χ2v) is 5.45. The molecule has 5 heteroatoms. The number of aromatic nitrogens is 2. The standard InChI is InChI=1S/C16H21N3O2/c1-21-16-9-15(12-20)18(11-16)10-13-7-8-19(17-13)14-5-3-2-4-6-14/h2-8,15-16,20H,9-12H2,1H3/t15-,16-/m0/s1. The molecule has 1 aliphatic heterocycles. The smallest absolute Gasteiger partial charge is 0.0769 e. The number of nitrogens with zero attached hydrogens (tertiary/aromatic N) is 3. The third kappa shape index (κ3) is 3.15. The number of benzene rings is 1. The number of ether oxygens (including phenoxy) is 1. The molecule has 1 aromatic carbocycles. The molecular weight excluding hydrogens is 266 g/mol. The second kappa shape index (κ2) is 6.39. The Balaban J connectivity index is 1.70. The zero-order chi connectivity index (χ0) is 14.7. The molecule has 5 nitrogen and oxygen atoms in total. The maximum absolute atomic E-state index is 9.49. The number of aliphatic hydroxyl groups is 1. The first-order valence-corrected chi connectivity index (χ1v) is 7.28. The summed E-state index contributed by atoms with van der Waals surface area (Å²) in [7, 11) is 1.73. The molecule has 1 saturated heterocycles. The van der Waals surface area contributed by atoms with Crippen LogP contribution in [0, 0.1) is 0 Å². The van der Waals surface area contributed by atoms with Crippen molar-refractivity contribution in [1.29, 1.82) is 0 Å². The molecule has 0 radical (unpaired) electrons. The van der Waals surface area contributed by atoms with Crippen molar-refractivity contribution in [2.24, 2.45) is 0 Å². The van der Waals surface area contributed by atoms with Gasteiger partial charge in [0.2, 0.25) is 0 Å². The van der Waals surface area contributed by atoms with Gasteiger partial charge in [-0.15, -0.1) is 0 Å². The largest absolute Gasteiger partial charge is 0.395 e. The highest BCUT2D eigenvalue weighted by atomic mass is 16.5. The zero-order valence-electron chi connectivity index (χ0n) is 12.2. The second-order valence-electron chi connectivity index (χ2n) is 5.45. The lowest BCUT2D eigenvalue weighted by molar-refractivity contribution is 0.107. The van der Waals surface area contributed by atoms with Gasteiger partial charge in [-0.1, -0.05) is 18.2 Å². The lowest BCUT2D eigenvalue weighted by Crippen LogP contribution is -2.32. The molecule has 0 spiro atoms. The van der Waals surface area contributed by atoms with E-state index in [4.69, 9.17) is 4.74 Å². The van der Waals surface area contributed by atoms with Gasteiger partial charge in [-0.3, -0.25) is 4.90 Å². The molecule has 0 saturated carbocycles. The van der Waals surface area contributed by atoms with Crippen molar-refractivity contribution in [2.75, 3.05) is 20.3 Å². The van der Waals surface area contributed by atoms with E-state index in [0.717, 1.165) is 30.9 Å². The van der Waals surface area contributed by atoms with Crippen molar-refractivity contribution in [2.45, 2.75) is 25.1 Å². The Morgan fingerprint density at radius 3 is 2.81 bits per heavy atom. The van der Waals surface area contributed by atoms with E-state index in [1.165, 1.54) is 0 Å². The van der Waals surface area contributed by atoms with E-state index in [0.29, 0.717) is 0 Å². The minimum Gasteiger partial charge on any atom is -0.395 e. The fourth-order valence-electron chi connectivity index (χ4n) is 2.87. The van der Waals surface area contributed by atoms with Crippen molar-refractivity contribution in [1.82, 2.24) is 14.7 Å². The Morgan fingerprint density at radius 2 is 2.10 bits per heavy atom. The van der Waals surface area contributed by atoms with E-state index in [1.54, 1.807) is 7.11 Å². The summed E-state index contributed by atoms with van der Waals surface area (Å²) in [6, 6.07) is 12.3. The van der Waals surface area contributed by atoms with Crippen molar-refractivity contribution in [3.05, 3.63) is 48.3 Å². The van der Waals surface area contributed by atoms with Crippen molar-refractivity contribution in [3.8, 4) is 5.69 Å². The average Bonchev–Trinajstić information content (AvgIpc) is 3.15. The van der Waals surface area contributed by atoms with E-state index in [1.807, 2.05) is 47.3 Å². The van der Waals surface area contributed by atoms with Gasteiger partial charge in [0.25, 0.3) is 0 Å². The van der Waals surface area contributed by atoms with Crippen LogP contribution in [-0.4, -0.2) is 52.2 Å². The summed E-state index contributed by atoms with van der Waals surface area (Å²) in [6.07, 6.45) is 3.06. The minimum atomic E-state index is 0.164. The third-order valence-electron chi connectivity index (χ3n) is 4.06. The van der Waals surface area contributed by atoms with E-state index in [2.05, 4.69) is 10.00 Å². The van der Waals surface area contributed by atoms with Crippen molar-refractivity contribution >= 4 is 0 Å². The summed E-state index contributed by atoms with van der Waals surface area (Å²) in [5, 5.41) is 14.1. The quantitative estimate of drug-likeness (QED) is 0.904. The van der Waals surface area contributed by atoms with Gasteiger partial charge in [0.1, 0.15) is 0 Å². The van der Waals surface area contributed by atoms with E-state index in [-0.39, 0.29) is 18.8 Å². The summed E-state index contributed by atoms with van der Waals surface area (Å²) < 4.78 is 7.29. The lowest BCUT2D eigenvalue weighted by Gasteiger charge is -2.20. The van der Waals surface area contributed by atoms with Gasteiger partial charge in [0.05, 0.1) is 24.1 Å². The van der Waals surface area contributed by atoms with E-state index < -0.39 is 0 Å². The van der Waals surface area contributed by atoms with Crippen LogP contribution in [0.4, 0.5) is 0 Å². The van der Waals surface area contributed by atoms with Gasteiger partial charge >= 0.3 is 0 Å². The highest BCUT2D eigenvalue weighted by Crippen LogP contribution is 2.21. The highest BCUT2D eigenvalue weighted by Gasteiger charge is 2.31. The normalized spacial score (nSPS) is 22.8.